The summed E-state index contributed by atoms with van der Waals surface area (Å²) in [7, 11) is 0. The Morgan fingerprint density at radius 2 is 1.52 bits per heavy atom. The molecular formula is C20H38O5. The molecule has 1 heterocycles. The zero-order chi connectivity index (χ0) is 18.3. The minimum Gasteiger partial charge on any atom is -0.388 e. The molecule has 0 aromatic rings. The molecular weight excluding hydrogens is 320 g/mol. The number of unbranched alkanes of at least 4 members (excludes halogenated alkanes) is 8. The van der Waals surface area contributed by atoms with E-state index in [2.05, 4.69) is 19.1 Å². The maximum absolute atomic E-state index is 9.79. The van der Waals surface area contributed by atoms with Crippen LogP contribution >= 0.6 is 0 Å². The van der Waals surface area contributed by atoms with Crippen LogP contribution in [0, 0.1) is 0 Å². The van der Waals surface area contributed by atoms with Gasteiger partial charge in [0, 0.05) is 6.61 Å². The Bertz CT molecular complexity index is 334. The lowest BCUT2D eigenvalue weighted by molar-refractivity contribution is -0.199. The van der Waals surface area contributed by atoms with Crippen molar-refractivity contribution in [1.29, 1.82) is 0 Å². The van der Waals surface area contributed by atoms with Crippen molar-refractivity contribution in [2.24, 2.45) is 0 Å². The van der Waals surface area contributed by atoms with Gasteiger partial charge in [-0.15, -0.1) is 0 Å². The average molecular weight is 359 g/mol. The number of aliphatic hydroxyl groups is 3. The highest BCUT2D eigenvalue weighted by Gasteiger charge is 2.37. The van der Waals surface area contributed by atoms with Crippen molar-refractivity contribution in [1.82, 2.24) is 0 Å². The van der Waals surface area contributed by atoms with Crippen LogP contribution in [0.25, 0.3) is 0 Å². The molecule has 25 heavy (non-hydrogen) atoms. The molecule has 0 aromatic carbocycles. The third kappa shape index (κ3) is 10.3. The summed E-state index contributed by atoms with van der Waals surface area (Å²) in [6.07, 6.45) is 13.1. The molecule has 0 unspecified atom stereocenters. The molecule has 0 saturated carbocycles. The maximum Gasteiger partial charge on any atom is 0.111 e. The first-order chi connectivity index (χ1) is 12.2. The van der Waals surface area contributed by atoms with Crippen molar-refractivity contribution in [3.8, 4) is 0 Å². The van der Waals surface area contributed by atoms with Crippen molar-refractivity contribution in [3.63, 3.8) is 0 Å². The second-order valence-corrected chi connectivity index (χ2v) is 7.02. The van der Waals surface area contributed by atoms with Crippen LogP contribution in [0.3, 0.4) is 0 Å². The molecule has 0 radical (unpaired) electrons. The number of allylic oxidation sites excluding steroid dienone is 2. The summed E-state index contributed by atoms with van der Waals surface area (Å²) in [5, 5.41) is 28.8. The molecule has 1 saturated heterocycles. The van der Waals surface area contributed by atoms with Gasteiger partial charge in [-0.05, 0) is 32.1 Å². The quantitative estimate of drug-likeness (QED) is 0.329. The highest BCUT2D eigenvalue weighted by atomic mass is 16.6. The molecule has 5 nitrogen and oxygen atoms in total. The van der Waals surface area contributed by atoms with Gasteiger partial charge >= 0.3 is 0 Å². The molecule has 4 atom stereocenters. The van der Waals surface area contributed by atoms with Gasteiger partial charge in [0.25, 0.3) is 0 Å². The van der Waals surface area contributed by atoms with E-state index in [1.165, 1.54) is 44.9 Å². The summed E-state index contributed by atoms with van der Waals surface area (Å²) < 4.78 is 10.8. The van der Waals surface area contributed by atoms with Gasteiger partial charge in [0.2, 0.25) is 0 Å². The topological polar surface area (TPSA) is 79.2 Å². The smallest absolute Gasteiger partial charge is 0.111 e. The lowest BCUT2D eigenvalue weighted by Crippen LogP contribution is -2.54. The van der Waals surface area contributed by atoms with Crippen LogP contribution in [0.4, 0.5) is 0 Å². The molecule has 5 heteroatoms. The molecule has 3 N–H and O–H groups in total. The predicted molar refractivity (Wildman–Crippen MR) is 99.6 cm³/mol. The van der Waals surface area contributed by atoms with E-state index in [1.54, 1.807) is 0 Å². The van der Waals surface area contributed by atoms with Gasteiger partial charge in [0.1, 0.15) is 24.4 Å². The van der Waals surface area contributed by atoms with Crippen LogP contribution < -0.4 is 0 Å². The predicted octanol–water partition coefficient (Wildman–Crippen LogP) is 2.96. The fraction of sp³-hybridized carbons (Fsp3) is 0.900. The van der Waals surface area contributed by atoms with E-state index in [-0.39, 0.29) is 13.2 Å². The number of ether oxygens (including phenoxy) is 2. The average Bonchev–Trinajstić information content (AvgIpc) is 2.61. The first-order valence-electron chi connectivity index (χ1n) is 10.0. The van der Waals surface area contributed by atoms with Gasteiger partial charge in [-0.25, -0.2) is 0 Å². The highest BCUT2D eigenvalue weighted by molar-refractivity contribution is 4.86. The van der Waals surface area contributed by atoms with E-state index in [0.717, 1.165) is 19.3 Å². The number of hydrogen-bond acceptors (Lipinski definition) is 5. The number of aliphatic hydroxyl groups excluding tert-OH is 3. The summed E-state index contributed by atoms with van der Waals surface area (Å²) in [4.78, 5) is 0. The largest absolute Gasteiger partial charge is 0.388 e. The van der Waals surface area contributed by atoms with Gasteiger partial charge in [-0.3, -0.25) is 0 Å². The summed E-state index contributed by atoms with van der Waals surface area (Å²) in [6, 6.07) is 0. The zero-order valence-electron chi connectivity index (χ0n) is 15.8. The van der Waals surface area contributed by atoms with E-state index >= 15 is 0 Å². The molecule has 0 amide bonds. The molecule has 1 aliphatic rings. The Balaban J connectivity index is 1.87. The molecule has 148 valence electrons. The Morgan fingerprint density at radius 1 is 0.880 bits per heavy atom. The van der Waals surface area contributed by atoms with Crippen molar-refractivity contribution in [3.05, 3.63) is 12.2 Å². The van der Waals surface area contributed by atoms with Crippen LogP contribution in [0.2, 0.25) is 0 Å². The van der Waals surface area contributed by atoms with Gasteiger partial charge in [0.15, 0.2) is 0 Å². The molecule has 0 spiro atoms. The van der Waals surface area contributed by atoms with Crippen LogP contribution in [-0.2, 0) is 9.47 Å². The monoisotopic (exact) mass is 358 g/mol. The van der Waals surface area contributed by atoms with Crippen molar-refractivity contribution in [2.75, 3.05) is 19.8 Å². The second kappa shape index (κ2) is 14.7. The van der Waals surface area contributed by atoms with Crippen molar-refractivity contribution < 1.29 is 24.8 Å². The molecule has 1 rings (SSSR count). The molecule has 1 fully saturated rings. The number of rotatable bonds is 14. The minimum absolute atomic E-state index is 0.0401. The normalized spacial score (nSPS) is 27.2. The van der Waals surface area contributed by atoms with Crippen molar-refractivity contribution in [2.45, 2.75) is 95.5 Å². The molecule has 0 bridgehead atoms. The Kier molecular flexibility index (Phi) is 13.3. The van der Waals surface area contributed by atoms with Crippen LogP contribution in [-0.4, -0.2) is 59.6 Å². The SMILES string of the molecule is CCCCCC/C=C/CCCCCCOC[C@H]1OC[C@H](O)[C@@H](O)[C@@H]1O. The Hall–Kier alpha value is -0.460. The standard InChI is InChI=1S/C20H38O5/c1-2-3-4-5-6-7-8-9-10-11-12-13-14-24-16-18-20(23)19(22)17(21)15-25-18/h7-8,17-23H,2-6,9-16H2,1H3/b8-7+/t17-,18+,19+,20+/m0/s1. The fourth-order valence-corrected chi connectivity index (χ4v) is 2.96. The van der Waals surface area contributed by atoms with Gasteiger partial charge in [-0.2, -0.15) is 0 Å². The summed E-state index contributed by atoms with van der Waals surface area (Å²) in [6.45, 7) is 3.17. The summed E-state index contributed by atoms with van der Waals surface area (Å²) in [5.41, 5.74) is 0. The van der Waals surface area contributed by atoms with Crippen LogP contribution in [0.1, 0.15) is 71.1 Å². The molecule has 1 aliphatic heterocycles. The first-order valence-corrected chi connectivity index (χ1v) is 10.0. The van der Waals surface area contributed by atoms with Crippen LogP contribution in [0.15, 0.2) is 12.2 Å². The third-order valence-corrected chi connectivity index (χ3v) is 4.69. The van der Waals surface area contributed by atoms with E-state index in [1.807, 2.05) is 0 Å². The highest BCUT2D eigenvalue weighted by Crippen LogP contribution is 2.16. The summed E-state index contributed by atoms with van der Waals surface area (Å²) >= 11 is 0. The summed E-state index contributed by atoms with van der Waals surface area (Å²) in [5.74, 6) is 0. The van der Waals surface area contributed by atoms with E-state index in [4.69, 9.17) is 9.47 Å². The maximum atomic E-state index is 9.79. The fourth-order valence-electron chi connectivity index (χ4n) is 2.96. The van der Waals surface area contributed by atoms with Gasteiger partial charge in [-0.1, -0.05) is 51.2 Å². The second-order valence-electron chi connectivity index (χ2n) is 7.02. The Morgan fingerprint density at radius 3 is 2.20 bits per heavy atom. The lowest BCUT2D eigenvalue weighted by Gasteiger charge is -2.35. The zero-order valence-corrected chi connectivity index (χ0v) is 15.8. The third-order valence-electron chi connectivity index (χ3n) is 4.69. The minimum atomic E-state index is -1.15. The van der Waals surface area contributed by atoms with Crippen LogP contribution in [0.5, 0.6) is 0 Å². The molecule has 0 aliphatic carbocycles. The number of hydrogen-bond donors (Lipinski definition) is 3. The van der Waals surface area contributed by atoms with Crippen molar-refractivity contribution >= 4 is 0 Å². The van der Waals surface area contributed by atoms with Gasteiger partial charge < -0.3 is 24.8 Å². The Labute approximate surface area is 153 Å². The van der Waals surface area contributed by atoms with Gasteiger partial charge in [0.05, 0.1) is 13.2 Å². The van der Waals surface area contributed by atoms with E-state index < -0.39 is 24.4 Å². The lowest BCUT2D eigenvalue weighted by atomic mass is 10.0. The van der Waals surface area contributed by atoms with E-state index in [0.29, 0.717) is 6.61 Å². The first kappa shape index (κ1) is 22.6. The molecule has 0 aromatic heterocycles. The van der Waals surface area contributed by atoms with E-state index in [9.17, 15) is 15.3 Å².